The van der Waals surface area contributed by atoms with E-state index in [0.717, 1.165) is 17.3 Å². The fourth-order valence-corrected chi connectivity index (χ4v) is 3.34. The summed E-state index contributed by atoms with van der Waals surface area (Å²) in [5, 5.41) is 12.0. The Labute approximate surface area is 126 Å². The molecule has 1 aromatic heterocycles. The first-order valence-electron chi connectivity index (χ1n) is 7.98. The Morgan fingerprint density at radius 2 is 2.14 bits per heavy atom. The third-order valence-corrected chi connectivity index (χ3v) is 4.60. The van der Waals surface area contributed by atoms with Gasteiger partial charge < -0.3 is 9.88 Å². The van der Waals surface area contributed by atoms with Crippen LogP contribution in [0.1, 0.15) is 39.0 Å². The average molecular weight is 284 g/mol. The lowest BCUT2D eigenvalue weighted by Gasteiger charge is -2.30. The Bertz CT molecular complexity index is 590. The van der Waals surface area contributed by atoms with Gasteiger partial charge in [0, 0.05) is 24.3 Å². The molecule has 2 unspecified atom stereocenters. The van der Waals surface area contributed by atoms with E-state index < -0.39 is 0 Å². The van der Waals surface area contributed by atoms with Gasteiger partial charge in [0.15, 0.2) is 5.82 Å². The zero-order valence-electron chi connectivity index (χ0n) is 12.9. The maximum atomic E-state index is 4.24. The van der Waals surface area contributed by atoms with Gasteiger partial charge in [-0.2, -0.15) is 0 Å². The Morgan fingerprint density at radius 3 is 2.90 bits per heavy atom. The van der Waals surface area contributed by atoms with Crippen molar-refractivity contribution in [3.05, 3.63) is 30.6 Å². The molecule has 1 aliphatic carbocycles. The van der Waals surface area contributed by atoms with Crippen LogP contribution in [-0.4, -0.2) is 20.8 Å². The quantitative estimate of drug-likeness (QED) is 0.927. The number of para-hydroxylation sites is 1. The summed E-state index contributed by atoms with van der Waals surface area (Å²) in [6.45, 7) is 2.31. The molecule has 1 aliphatic rings. The van der Waals surface area contributed by atoms with Gasteiger partial charge in [-0.15, -0.1) is 10.2 Å². The molecule has 21 heavy (non-hydrogen) atoms. The van der Waals surface area contributed by atoms with Gasteiger partial charge in [-0.3, -0.25) is 0 Å². The fraction of sp³-hybridized carbons (Fsp3) is 0.529. The number of hydrogen-bond donors (Lipinski definition) is 1. The molecule has 2 aromatic rings. The molecule has 0 saturated heterocycles. The largest absolute Gasteiger partial charge is 0.382 e. The summed E-state index contributed by atoms with van der Waals surface area (Å²) in [5.74, 6) is 1.79. The Kier molecular flexibility index (Phi) is 4.23. The third-order valence-electron chi connectivity index (χ3n) is 4.60. The van der Waals surface area contributed by atoms with Crippen molar-refractivity contribution in [3.8, 4) is 11.4 Å². The molecule has 1 N–H and O–H groups in total. The van der Waals surface area contributed by atoms with Gasteiger partial charge in [0.05, 0.1) is 0 Å². The van der Waals surface area contributed by atoms with Gasteiger partial charge in [0.1, 0.15) is 6.33 Å². The maximum absolute atomic E-state index is 4.24. The van der Waals surface area contributed by atoms with Crippen LogP contribution in [0.5, 0.6) is 0 Å². The van der Waals surface area contributed by atoms with E-state index in [1.54, 1.807) is 6.33 Å². The number of anilines is 1. The van der Waals surface area contributed by atoms with Crippen molar-refractivity contribution < 1.29 is 0 Å². The van der Waals surface area contributed by atoms with Gasteiger partial charge in [-0.1, -0.05) is 38.3 Å². The van der Waals surface area contributed by atoms with E-state index in [2.05, 4.69) is 46.7 Å². The van der Waals surface area contributed by atoms with Crippen molar-refractivity contribution in [2.75, 3.05) is 5.32 Å². The number of aromatic nitrogens is 3. The molecule has 4 heteroatoms. The van der Waals surface area contributed by atoms with E-state index in [4.69, 9.17) is 0 Å². The minimum Gasteiger partial charge on any atom is -0.382 e. The highest BCUT2D eigenvalue weighted by atomic mass is 15.2. The van der Waals surface area contributed by atoms with Gasteiger partial charge in [0.2, 0.25) is 0 Å². The van der Waals surface area contributed by atoms with Crippen molar-refractivity contribution in [2.24, 2.45) is 13.0 Å². The molecule has 2 atom stereocenters. The highest BCUT2D eigenvalue weighted by Gasteiger charge is 2.21. The second-order valence-corrected chi connectivity index (χ2v) is 6.09. The number of benzene rings is 1. The second-order valence-electron chi connectivity index (χ2n) is 6.09. The first-order valence-corrected chi connectivity index (χ1v) is 7.98. The van der Waals surface area contributed by atoms with Crippen LogP contribution in [0.25, 0.3) is 11.4 Å². The molecule has 0 bridgehead atoms. The highest BCUT2D eigenvalue weighted by Crippen LogP contribution is 2.32. The number of rotatable bonds is 4. The monoisotopic (exact) mass is 284 g/mol. The minimum atomic E-state index is 0.582. The van der Waals surface area contributed by atoms with Crippen LogP contribution in [0.4, 0.5) is 5.69 Å². The number of nitrogens with one attached hydrogen (secondary N) is 1. The van der Waals surface area contributed by atoms with Gasteiger partial charge in [-0.25, -0.2) is 0 Å². The van der Waals surface area contributed by atoms with Crippen LogP contribution in [-0.2, 0) is 7.05 Å². The number of nitrogens with zero attached hydrogens (tertiary/aromatic N) is 3. The zero-order chi connectivity index (χ0) is 14.7. The molecule has 1 aromatic carbocycles. The fourth-order valence-electron chi connectivity index (χ4n) is 3.34. The first-order chi connectivity index (χ1) is 10.3. The van der Waals surface area contributed by atoms with Crippen molar-refractivity contribution >= 4 is 5.69 Å². The normalized spacial score (nSPS) is 22.2. The summed E-state index contributed by atoms with van der Waals surface area (Å²) in [7, 11) is 1.99. The molecule has 1 saturated carbocycles. The summed E-state index contributed by atoms with van der Waals surface area (Å²) in [4.78, 5) is 0. The van der Waals surface area contributed by atoms with E-state index in [1.807, 2.05) is 11.6 Å². The first kappa shape index (κ1) is 14.1. The van der Waals surface area contributed by atoms with E-state index in [9.17, 15) is 0 Å². The molecule has 3 rings (SSSR count). The lowest BCUT2D eigenvalue weighted by atomic mass is 9.84. The van der Waals surface area contributed by atoms with Crippen molar-refractivity contribution in [1.29, 1.82) is 0 Å². The summed E-state index contributed by atoms with van der Waals surface area (Å²) in [6.07, 6.45) is 8.32. The van der Waals surface area contributed by atoms with Crippen LogP contribution in [0, 0.1) is 5.92 Å². The van der Waals surface area contributed by atoms with Crippen LogP contribution >= 0.6 is 0 Å². The second kappa shape index (κ2) is 6.29. The van der Waals surface area contributed by atoms with E-state index in [-0.39, 0.29) is 0 Å². The van der Waals surface area contributed by atoms with Crippen LogP contribution in [0.15, 0.2) is 30.6 Å². The standard InChI is InChI=1S/C17H24N4/c1-3-13-7-6-8-14(11-13)19-16-10-5-4-9-15(16)17-20-18-12-21(17)2/h4-5,9-10,12-14,19H,3,6-8,11H2,1-2H3. The molecule has 112 valence electrons. The molecule has 0 spiro atoms. The van der Waals surface area contributed by atoms with Crippen molar-refractivity contribution in [1.82, 2.24) is 14.8 Å². The van der Waals surface area contributed by atoms with E-state index in [1.165, 1.54) is 37.8 Å². The zero-order valence-corrected chi connectivity index (χ0v) is 12.9. The predicted octanol–water partition coefficient (Wildman–Crippen LogP) is 3.86. The van der Waals surface area contributed by atoms with Crippen molar-refractivity contribution in [2.45, 2.75) is 45.1 Å². The lowest BCUT2D eigenvalue weighted by molar-refractivity contribution is 0.327. The molecule has 1 heterocycles. The van der Waals surface area contributed by atoms with Crippen molar-refractivity contribution in [3.63, 3.8) is 0 Å². The number of aryl methyl sites for hydroxylation is 1. The SMILES string of the molecule is CCC1CCCC(Nc2ccccc2-c2nncn2C)C1. The summed E-state index contributed by atoms with van der Waals surface area (Å²) < 4.78 is 1.97. The molecule has 1 fully saturated rings. The molecule has 0 aliphatic heterocycles. The molecule has 0 amide bonds. The summed E-state index contributed by atoms with van der Waals surface area (Å²) >= 11 is 0. The average Bonchev–Trinajstić information content (AvgIpc) is 2.94. The summed E-state index contributed by atoms with van der Waals surface area (Å²) in [5.41, 5.74) is 2.31. The Hall–Kier alpha value is -1.84. The Balaban J connectivity index is 1.81. The van der Waals surface area contributed by atoms with Crippen LogP contribution < -0.4 is 5.32 Å². The maximum Gasteiger partial charge on any atom is 0.165 e. The Morgan fingerprint density at radius 1 is 1.29 bits per heavy atom. The highest BCUT2D eigenvalue weighted by molar-refractivity contribution is 5.73. The summed E-state index contributed by atoms with van der Waals surface area (Å²) in [6, 6.07) is 9.00. The topological polar surface area (TPSA) is 42.7 Å². The van der Waals surface area contributed by atoms with E-state index >= 15 is 0 Å². The number of hydrogen-bond acceptors (Lipinski definition) is 3. The minimum absolute atomic E-state index is 0.582. The van der Waals surface area contributed by atoms with Crippen LogP contribution in [0.3, 0.4) is 0 Å². The molecule has 4 nitrogen and oxygen atoms in total. The van der Waals surface area contributed by atoms with Gasteiger partial charge in [-0.05, 0) is 30.9 Å². The van der Waals surface area contributed by atoms with Crippen LogP contribution in [0.2, 0.25) is 0 Å². The van der Waals surface area contributed by atoms with E-state index in [0.29, 0.717) is 6.04 Å². The van der Waals surface area contributed by atoms with Gasteiger partial charge in [0.25, 0.3) is 0 Å². The lowest BCUT2D eigenvalue weighted by Crippen LogP contribution is -2.27. The predicted molar refractivity (Wildman–Crippen MR) is 86.1 cm³/mol. The third kappa shape index (κ3) is 3.09. The molecule has 0 radical (unpaired) electrons. The molecular weight excluding hydrogens is 260 g/mol. The smallest absolute Gasteiger partial charge is 0.165 e. The van der Waals surface area contributed by atoms with Gasteiger partial charge >= 0.3 is 0 Å². The molecular formula is C17H24N4.